The molecule has 3 aromatic rings. The summed E-state index contributed by atoms with van der Waals surface area (Å²) in [6.45, 7) is 4.65. The van der Waals surface area contributed by atoms with Gasteiger partial charge in [0.25, 0.3) is 5.92 Å². The van der Waals surface area contributed by atoms with Gasteiger partial charge in [-0.25, -0.2) is 23.5 Å². The fourth-order valence-corrected chi connectivity index (χ4v) is 3.32. The standard InChI is InChI=1S/C9H14F2N2O.C8H6N4.C2H6/c10-9(11)6-13(7-9)8(14)12-4-2-1-3-5-12;1-2-10-8-7(1)12-5-9-3-6(12)4-11-8;1-2/h1-7H2;1-5,10H;1-2H3. The lowest BCUT2D eigenvalue weighted by Crippen LogP contribution is -2.61. The number of H-pyrrole nitrogens is 1. The van der Waals surface area contributed by atoms with E-state index >= 15 is 0 Å². The summed E-state index contributed by atoms with van der Waals surface area (Å²) in [6, 6.07) is 1.77. The molecule has 0 atom stereocenters. The maximum atomic E-state index is 12.5. The van der Waals surface area contributed by atoms with Gasteiger partial charge in [-0.3, -0.25) is 4.40 Å². The third-order valence-electron chi connectivity index (χ3n) is 4.70. The van der Waals surface area contributed by atoms with E-state index in [1.807, 2.05) is 30.5 Å². The van der Waals surface area contributed by atoms with Crippen molar-refractivity contribution in [2.75, 3.05) is 26.2 Å². The van der Waals surface area contributed by atoms with Gasteiger partial charge in [0.2, 0.25) is 0 Å². The number of amides is 2. The Labute approximate surface area is 162 Å². The van der Waals surface area contributed by atoms with Crippen molar-refractivity contribution in [2.45, 2.75) is 39.0 Å². The molecular weight excluding hydrogens is 366 g/mol. The number of urea groups is 1. The van der Waals surface area contributed by atoms with Crippen molar-refractivity contribution in [1.82, 2.24) is 29.2 Å². The molecule has 0 spiro atoms. The van der Waals surface area contributed by atoms with Crippen LogP contribution in [0.1, 0.15) is 33.1 Å². The quantitative estimate of drug-likeness (QED) is 0.633. The summed E-state index contributed by atoms with van der Waals surface area (Å²) in [5, 5.41) is 0. The van der Waals surface area contributed by atoms with E-state index in [1.54, 1.807) is 23.6 Å². The molecule has 0 aliphatic carbocycles. The minimum Gasteiger partial charge on any atom is -0.345 e. The number of carbonyl (C=O) groups is 1. The van der Waals surface area contributed by atoms with Crippen molar-refractivity contribution in [3.05, 3.63) is 31.0 Å². The zero-order valence-electron chi connectivity index (χ0n) is 16.2. The van der Waals surface area contributed by atoms with Gasteiger partial charge in [0.05, 0.1) is 42.8 Å². The average molecular weight is 392 g/mol. The fraction of sp³-hybridized carbons (Fsp3) is 0.526. The fourth-order valence-electron chi connectivity index (χ4n) is 3.32. The monoisotopic (exact) mass is 392 g/mol. The number of fused-ring (bicyclic) bond motifs is 3. The first-order valence-electron chi connectivity index (χ1n) is 9.69. The number of rotatable bonds is 0. The molecule has 28 heavy (non-hydrogen) atoms. The van der Waals surface area contributed by atoms with Crippen LogP contribution < -0.4 is 0 Å². The summed E-state index contributed by atoms with van der Waals surface area (Å²) in [5.74, 6) is -2.65. The number of piperidine rings is 1. The Hall–Kier alpha value is -2.71. The van der Waals surface area contributed by atoms with Gasteiger partial charge < -0.3 is 14.8 Å². The number of likely N-dealkylation sites (tertiary alicyclic amines) is 2. The molecule has 2 aliphatic rings. The summed E-state index contributed by atoms with van der Waals surface area (Å²) in [4.78, 5) is 25.8. The van der Waals surface area contributed by atoms with Crippen LogP contribution in [0.25, 0.3) is 16.7 Å². The Morgan fingerprint density at radius 1 is 1.11 bits per heavy atom. The Balaban J connectivity index is 0.000000149. The van der Waals surface area contributed by atoms with Crippen LogP contribution in [0.3, 0.4) is 0 Å². The Morgan fingerprint density at radius 3 is 2.50 bits per heavy atom. The Morgan fingerprint density at radius 2 is 1.82 bits per heavy atom. The number of hydrogen-bond acceptors (Lipinski definition) is 3. The number of nitrogens with one attached hydrogen (secondary N) is 1. The smallest absolute Gasteiger partial charge is 0.320 e. The van der Waals surface area contributed by atoms with Gasteiger partial charge in [-0.05, 0) is 25.3 Å². The SMILES string of the molecule is CC.O=C(N1CCCCC1)N1CC(F)(F)C1.c1cc2c(ncc3cncn32)[nH]1. The molecule has 0 unspecified atom stereocenters. The van der Waals surface area contributed by atoms with Gasteiger partial charge in [0, 0.05) is 19.3 Å². The van der Waals surface area contributed by atoms with E-state index in [0.29, 0.717) is 0 Å². The predicted octanol–water partition coefficient (Wildman–Crippen LogP) is 3.78. The second-order valence-corrected chi connectivity index (χ2v) is 6.70. The highest BCUT2D eigenvalue weighted by atomic mass is 19.3. The van der Waals surface area contributed by atoms with Crippen molar-refractivity contribution in [3.63, 3.8) is 0 Å². The van der Waals surface area contributed by atoms with Crippen LogP contribution >= 0.6 is 0 Å². The van der Waals surface area contributed by atoms with Crippen LogP contribution in [0.2, 0.25) is 0 Å². The van der Waals surface area contributed by atoms with E-state index in [-0.39, 0.29) is 6.03 Å². The van der Waals surface area contributed by atoms with Crippen molar-refractivity contribution < 1.29 is 13.6 Å². The zero-order chi connectivity index (χ0) is 20.1. The lowest BCUT2D eigenvalue weighted by molar-refractivity contribution is -0.114. The number of imidazole rings is 1. The normalized spacial score (nSPS) is 18.0. The highest BCUT2D eigenvalue weighted by Crippen LogP contribution is 2.28. The topological polar surface area (TPSA) is 69.5 Å². The summed E-state index contributed by atoms with van der Waals surface area (Å²) < 4.78 is 27.0. The van der Waals surface area contributed by atoms with Gasteiger partial charge in [0.1, 0.15) is 0 Å². The van der Waals surface area contributed by atoms with E-state index < -0.39 is 19.0 Å². The first-order chi connectivity index (χ1) is 13.5. The molecule has 2 fully saturated rings. The van der Waals surface area contributed by atoms with Gasteiger partial charge >= 0.3 is 6.03 Å². The van der Waals surface area contributed by atoms with Gasteiger partial charge in [-0.2, -0.15) is 0 Å². The molecule has 2 saturated heterocycles. The molecule has 1 N–H and O–H groups in total. The summed E-state index contributed by atoms with van der Waals surface area (Å²) in [6.07, 6.45) is 10.4. The van der Waals surface area contributed by atoms with Gasteiger partial charge in [-0.1, -0.05) is 13.8 Å². The highest BCUT2D eigenvalue weighted by Gasteiger charge is 2.47. The maximum absolute atomic E-state index is 12.5. The molecule has 152 valence electrons. The van der Waals surface area contributed by atoms with Crippen LogP contribution in [0.4, 0.5) is 13.6 Å². The molecule has 0 aromatic carbocycles. The zero-order valence-corrected chi connectivity index (χ0v) is 16.2. The van der Waals surface area contributed by atoms with E-state index in [9.17, 15) is 13.6 Å². The van der Waals surface area contributed by atoms with E-state index in [4.69, 9.17) is 0 Å². The van der Waals surface area contributed by atoms with Crippen LogP contribution in [0.5, 0.6) is 0 Å². The minimum atomic E-state index is -2.65. The van der Waals surface area contributed by atoms with Crippen molar-refractivity contribution in [3.8, 4) is 0 Å². The third kappa shape index (κ3) is 4.23. The van der Waals surface area contributed by atoms with Crippen molar-refractivity contribution >= 4 is 22.7 Å². The number of aromatic amines is 1. The van der Waals surface area contributed by atoms with E-state index in [2.05, 4.69) is 15.0 Å². The van der Waals surface area contributed by atoms with Gasteiger partial charge in [0.15, 0.2) is 5.65 Å². The first-order valence-corrected chi connectivity index (χ1v) is 9.69. The molecule has 2 amide bonds. The number of halogens is 2. The number of carbonyl (C=O) groups excluding carboxylic acids is 1. The Bertz CT molecular complexity index is 858. The molecule has 9 heteroatoms. The summed E-state index contributed by atoms with van der Waals surface area (Å²) in [5.41, 5.74) is 2.97. The van der Waals surface area contributed by atoms with E-state index in [0.717, 1.165) is 49.0 Å². The van der Waals surface area contributed by atoms with Gasteiger partial charge in [-0.15, -0.1) is 0 Å². The highest BCUT2D eigenvalue weighted by molar-refractivity contribution is 5.76. The molecule has 3 aromatic heterocycles. The lowest BCUT2D eigenvalue weighted by atomic mass is 10.1. The van der Waals surface area contributed by atoms with E-state index in [1.165, 1.54) is 4.90 Å². The number of hydrogen-bond donors (Lipinski definition) is 1. The molecule has 0 bridgehead atoms. The molecule has 0 radical (unpaired) electrons. The average Bonchev–Trinajstić information content (AvgIpc) is 3.36. The Kier molecular flexibility index (Phi) is 6.11. The molecular formula is C19H26F2N6O. The van der Waals surface area contributed by atoms with Crippen molar-refractivity contribution in [2.24, 2.45) is 0 Å². The molecule has 5 heterocycles. The second kappa shape index (κ2) is 8.53. The number of aromatic nitrogens is 4. The van der Waals surface area contributed by atoms with Crippen LogP contribution in [-0.4, -0.2) is 67.3 Å². The minimum absolute atomic E-state index is 0.212. The lowest BCUT2D eigenvalue weighted by Gasteiger charge is -2.42. The van der Waals surface area contributed by atoms with Crippen LogP contribution in [0.15, 0.2) is 31.0 Å². The van der Waals surface area contributed by atoms with Crippen LogP contribution in [-0.2, 0) is 0 Å². The van der Waals surface area contributed by atoms with Crippen molar-refractivity contribution in [1.29, 1.82) is 0 Å². The molecule has 2 aliphatic heterocycles. The summed E-state index contributed by atoms with van der Waals surface area (Å²) in [7, 11) is 0. The number of nitrogens with zero attached hydrogens (tertiary/aromatic N) is 5. The number of alkyl halides is 2. The maximum Gasteiger partial charge on any atom is 0.320 e. The molecule has 0 saturated carbocycles. The second-order valence-electron chi connectivity index (χ2n) is 6.70. The van der Waals surface area contributed by atoms with Crippen LogP contribution in [0, 0.1) is 0 Å². The third-order valence-corrected chi connectivity index (χ3v) is 4.70. The molecule has 5 rings (SSSR count). The predicted molar refractivity (Wildman–Crippen MR) is 104 cm³/mol. The summed E-state index contributed by atoms with van der Waals surface area (Å²) >= 11 is 0. The first kappa shape index (κ1) is 20.0. The molecule has 7 nitrogen and oxygen atoms in total. The largest absolute Gasteiger partial charge is 0.345 e.